The van der Waals surface area contributed by atoms with Gasteiger partial charge >= 0.3 is 0 Å². The van der Waals surface area contributed by atoms with Gasteiger partial charge in [-0.15, -0.1) is 0 Å². The summed E-state index contributed by atoms with van der Waals surface area (Å²) in [5.41, 5.74) is 0.751. The van der Waals surface area contributed by atoms with Gasteiger partial charge in [-0.2, -0.15) is 9.57 Å². The first-order valence-corrected chi connectivity index (χ1v) is 8.11. The molecular formula is C16H15FN2O3S. The van der Waals surface area contributed by atoms with E-state index in [1.807, 2.05) is 6.07 Å². The smallest absolute Gasteiger partial charge is 0.243 e. The van der Waals surface area contributed by atoms with Gasteiger partial charge in [0.05, 0.1) is 23.6 Å². The molecule has 2 rings (SSSR count). The predicted molar refractivity (Wildman–Crippen MR) is 82.8 cm³/mol. The third-order valence-electron chi connectivity index (χ3n) is 3.29. The quantitative estimate of drug-likeness (QED) is 0.842. The van der Waals surface area contributed by atoms with E-state index in [-0.39, 0.29) is 22.8 Å². The zero-order chi connectivity index (χ0) is 17.0. The molecular weight excluding hydrogens is 319 g/mol. The van der Waals surface area contributed by atoms with Crippen LogP contribution in [0, 0.1) is 17.1 Å². The third-order valence-corrected chi connectivity index (χ3v) is 5.09. The largest absolute Gasteiger partial charge is 0.494 e. The fourth-order valence-corrected chi connectivity index (χ4v) is 3.26. The van der Waals surface area contributed by atoms with Crippen molar-refractivity contribution in [3.05, 3.63) is 59.4 Å². The van der Waals surface area contributed by atoms with Gasteiger partial charge in [0, 0.05) is 13.6 Å². The molecule has 2 aromatic carbocycles. The minimum atomic E-state index is -3.77. The average Bonchev–Trinajstić information content (AvgIpc) is 2.55. The lowest BCUT2D eigenvalue weighted by atomic mass is 10.2. The highest BCUT2D eigenvalue weighted by atomic mass is 32.2. The number of nitrogens with zero attached hydrogens (tertiary/aromatic N) is 2. The molecule has 0 fully saturated rings. The first-order valence-electron chi connectivity index (χ1n) is 6.67. The van der Waals surface area contributed by atoms with Crippen molar-refractivity contribution in [1.82, 2.24) is 4.31 Å². The van der Waals surface area contributed by atoms with Crippen LogP contribution in [0.5, 0.6) is 5.75 Å². The van der Waals surface area contributed by atoms with Crippen LogP contribution in [0.2, 0.25) is 0 Å². The minimum Gasteiger partial charge on any atom is -0.494 e. The Morgan fingerprint density at radius 1 is 1.26 bits per heavy atom. The molecule has 0 N–H and O–H groups in total. The molecule has 0 unspecified atom stereocenters. The van der Waals surface area contributed by atoms with E-state index in [0.29, 0.717) is 5.56 Å². The standard InChI is InChI=1S/C16H15FN2O3S/c1-19(11-13-6-7-16(22-2)15(17)9-13)23(20,21)14-5-3-4-12(8-14)10-18/h3-9H,11H2,1-2H3. The Labute approximate surface area is 134 Å². The highest BCUT2D eigenvalue weighted by molar-refractivity contribution is 7.89. The molecule has 0 atom stereocenters. The lowest BCUT2D eigenvalue weighted by molar-refractivity contribution is 0.385. The van der Waals surface area contributed by atoms with Crippen molar-refractivity contribution in [2.45, 2.75) is 11.4 Å². The molecule has 2 aromatic rings. The van der Waals surface area contributed by atoms with Gasteiger partial charge in [-0.05, 0) is 35.9 Å². The molecule has 7 heteroatoms. The highest BCUT2D eigenvalue weighted by Crippen LogP contribution is 2.21. The summed E-state index contributed by atoms with van der Waals surface area (Å²) in [5.74, 6) is -0.455. The first-order chi connectivity index (χ1) is 10.9. The van der Waals surface area contributed by atoms with Gasteiger partial charge in [0.1, 0.15) is 0 Å². The van der Waals surface area contributed by atoms with E-state index in [1.54, 1.807) is 6.07 Å². The van der Waals surface area contributed by atoms with Crippen LogP contribution in [-0.4, -0.2) is 26.9 Å². The number of sulfonamides is 1. The summed E-state index contributed by atoms with van der Waals surface area (Å²) in [6.45, 7) is 0.0000286. The second-order valence-electron chi connectivity index (χ2n) is 4.87. The van der Waals surface area contributed by atoms with Crippen molar-refractivity contribution in [2.24, 2.45) is 0 Å². The number of ether oxygens (including phenoxy) is 1. The molecule has 0 aliphatic rings. The van der Waals surface area contributed by atoms with E-state index in [1.165, 1.54) is 50.6 Å². The topological polar surface area (TPSA) is 70.4 Å². The number of benzene rings is 2. The summed E-state index contributed by atoms with van der Waals surface area (Å²) in [7, 11) is -1.01. The molecule has 0 heterocycles. The van der Waals surface area contributed by atoms with Crippen LogP contribution < -0.4 is 4.74 Å². The second kappa shape index (κ2) is 6.77. The fourth-order valence-electron chi connectivity index (χ4n) is 2.06. The normalized spacial score (nSPS) is 11.3. The van der Waals surface area contributed by atoms with Gasteiger partial charge < -0.3 is 4.74 Å². The summed E-state index contributed by atoms with van der Waals surface area (Å²) in [6.07, 6.45) is 0. The molecule has 0 aliphatic carbocycles. The van der Waals surface area contributed by atoms with Gasteiger partial charge in [-0.1, -0.05) is 12.1 Å². The molecule has 0 aliphatic heterocycles. The van der Waals surface area contributed by atoms with Crippen LogP contribution in [0.1, 0.15) is 11.1 Å². The van der Waals surface area contributed by atoms with E-state index < -0.39 is 15.8 Å². The van der Waals surface area contributed by atoms with Crippen LogP contribution in [0.25, 0.3) is 0 Å². The van der Waals surface area contributed by atoms with Crippen molar-refractivity contribution in [3.63, 3.8) is 0 Å². The average molecular weight is 334 g/mol. The summed E-state index contributed by atoms with van der Waals surface area (Å²) in [5, 5.41) is 8.87. The van der Waals surface area contributed by atoms with E-state index in [2.05, 4.69) is 0 Å². The summed E-state index contributed by atoms with van der Waals surface area (Å²) < 4.78 is 44.6. The number of hydrogen-bond donors (Lipinski definition) is 0. The first kappa shape index (κ1) is 16.9. The Hall–Kier alpha value is -2.43. The Bertz CT molecular complexity index is 860. The second-order valence-corrected chi connectivity index (χ2v) is 6.91. The van der Waals surface area contributed by atoms with Crippen LogP contribution in [-0.2, 0) is 16.6 Å². The maximum atomic E-state index is 13.7. The molecule has 0 saturated heterocycles. The van der Waals surface area contributed by atoms with Crippen LogP contribution in [0.15, 0.2) is 47.4 Å². The molecule has 120 valence electrons. The van der Waals surface area contributed by atoms with E-state index in [9.17, 15) is 12.8 Å². The molecule has 0 radical (unpaired) electrons. The third kappa shape index (κ3) is 3.67. The number of nitriles is 1. The molecule has 23 heavy (non-hydrogen) atoms. The Balaban J connectivity index is 2.26. The molecule has 0 saturated carbocycles. The fraction of sp³-hybridized carbons (Fsp3) is 0.188. The zero-order valence-electron chi connectivity index (χ0n) is 12.7. The van der Waals surface area contributed by atoms with E-state index in [0.717, 1.165) is 4.31 Å². The van der Waals surface area contributed by atoms with Gasteiger partial charge in [0.25, 0.3) is 0 Å². The van der Waals surface area contributed by atoms with E-state index in [4.69, 9.17) is 10.00 Å². The lowest BCUT2D eigenvalue weighted by Gasteiger charge is -2.17. The Kier molecular flexibility index (Phi) is 4.98. The monoisotopic (exact) mass is 334 g/mol. The SMILES string of the molecule is COc1ccc(CN(C)S(=O)(=O)c2cccc(C#N)c2)cc1F. The number of rotatable bonds is 5. The van der Waals surface area contributed by atoms with Crippen molar-refractivity contribution < 1.29 is 17.5 Å². The van der Waals surface area contributed by atoms with Crippen molar-refractivity contribution in [3.8, 4) is 11.8 Å². The minimum absolute atomic E-state index is 0.0000286. The molecule has 0 bridgehead atoms. The highest BCUT2D eigenvalue weighted by Gasteiger charge is 2.21. The molecule has 5 nitrogen and oxygen atoms in total. The zero-order valence-corrected chi connectivity index (χ0v) is 13.5. The Morgan fingerprint density at radius 2 is 2.00 bits per heavy atom. The summed E-state index contributed by atoms with van der Waals surface area (Å²) in [4.78, 5) is 0.0213. The summed E-state index contributed by atoms with van der Waals surface area (Å²) in [6, 6.07) is 11.9. The van der Waals surface area contributed by atoms with Crippen molar-refractivity contribution in [1.29, 1.82) is 5.26 Å². The van der Waals surface area contributed by atoms with Crippen molar-refractivity contribution in [2.75, 3.05) is 14.2 Å². The Morgan fingerprint density at radius 3 is 2.61 bits per heavy atom. The molecule has 0 spiro atoms. The van der Waals surface area contributed by atoms with Gasteiger partial charge in [0.15, 0.2) is 11.6 Å². The lowest BCUT2D eigenvalue weighted by Crippen LogP contribution is -2.26. The number of methoxy groups -OCH3 is 1. The van der Waals surface area contributed by atoms with E-state index >= 15 is 0 Å². The molecule has 0 amide bonds. The molecule has 0 aromatic heterocycles. The van der Waals surface area contributed by atoms with Gasteiger partial charge in [-0.3, -0.25) is 0 Å². The summed E-state index contributed by atoms with van der Waals surface area (Å²) >= 11 is 0. The predicted octanol–water partition coefficient (Wildman–Crippen LogP) is 2.53. The van der Waals surface area contributed by atoms with Crippen LogP contribution >= 0.6 is 0 Å². The van der Waals surface area contributed by atoms with Gasteiger partial charge in [-0.25, -0.2) is 12.8 Å². The number of halogens is 1. The van der Waals surface area contributed by atoms with Crippen molar-refractivity contribution >= 4 is 10.0 Å². The maximum absolute atomic E-state index is 13.7. The van der Waals surface area contributed by atoms with Gasteiger partial charge in [0.2, 0.25) is 10.0 Å². The maximum Gasteiger partial charge on any atom is 0.243 e. The van der Waals surface area contributed by atoms with Crippen LogP contribution in [0.3, 0.4) is 0 Å². The van der Waals surface area contributed by atoms with Crippen LogP contribution in [0.4, 0.5) is 4.39 Å². The number of hydrogen-bond acceptors (Lipinski definition) is 4.